The molecule has 0 radical (unpaired) electrons. The van der Waals surface area contributed by atoms with Crippen LogP contribution in [0.25, 0.3) is 17.1 Å². The molecule has 0 aliphatic heterocycles. The fraction of sp³-hybridized carbons (Fsp3) is 0.125. The van der Waals surface area contributed by atoms with Gasteiger partial charge in [0.05, 0.1) is 5.69 Å². The average Bonchev–Trinajstić information content (AvgIpc) is 2.81. The summed E-state index contributed by atoms with van der Waals surface area (Å²) in [6, 6.07) is 13.2. The topological polar surface area (TPSA) is 53.8 Å². The molecule has 1 aromatic heterocycles. The summed E-state index contributed by atoms with van der Waals surface area (Å²) >= 11 is 5.38. The van der Waals surface area contributed by atoms with Crippen LogP contribution in [0.1, 0.15) is 11.1 Å². The first-order valence-corrected chi connectivity index (χ1v) is 7.02. The number of hydrogen-bond donors (Lipinski definition) is 2. The fourth-order valence-electron chi connectivity index (χ4n) is 2.41. The molecule has 2 aromatic carbocycles. The maximum atomic E-state index is 9.56. The maximum Gasteiger partial charge on any atom is 0.200 e. The Bertz CT molecular complexity index is 864. The Morgan fingerprint density at radius 2 is 1.86 bits per heavy atom. The van der Waals surface area contributed by atoms with Gasteiger partial charge in [-0.3, -0.25) is 9.67 Å². The zero-order valence-electron chi connectivity index (χ0n) is 11.8. The van der Waals surface area contributed by atoms with Gasteiger partial charge >= 0.3 is 0 Å². The summed E-state index contributed by atoms with van der Waals surface area (Å²) in [5.74, 6) is 0.986. The first kappa shape index (κ1) is 13.6. The molecule has 1 heterocycles. The molecule has 0 amide bonds. The van der Waals surface area contributed by atoms with E-state index in [1.165, 1.54) is 0 Å². The third-order valence-electron chi connectivity index (χ3n) is 3.48. The van der Waals surface area contributed by atoms with E-state index in [0.29, 0.717) is 4.77 Å². The van der Waals surface area contributed by atoms with Crippen LogP contribution in [-0.4, -0.2) is 19.9 Å². The molecule has 0 aliphatic rings. The van der Waals surface area contributed by atoms with Gasteiger partial charge in [0.25, 0.3) is 0 Å². The Labute approximate surface area is 127 Å². The number of para-hydroxylation sites is 1. The number of aromatic amines is 1. The number of aryl methyl sites for hydroxylation is 2. The fourth-order valence-corrected chi connectivity index (χ4v) is 2.64. The van der Waals surface area contributed by atoms with Crippen molar-refractivity contribution >= 4 is 12.2 Å². The Morgan fingerprint density at radius 3 is 2.57 bits per heavy atom. The van der Waals surface area contributed by atoms with E-state index in [1.807, 2.05) is 48.7 Å². The lowest BCUT2D eigenvalue weighted by molar-refractivity contribution is 0.475. The summed E-state index contributed by atoms with van der Waals surface area (Å²) < 4.78 is 2.47. The Morgan fingerprint density at radius 1 is 1.10 bits per heavy atom. The van der Waals surface area contributed by atoms with E-state index in [0.717, 1.165) is 28.2 Å². The Kier molecular flexibility index (Phi) is 3.35. The zero-order valence-corrected chi connectivity index (χ0v) is 12.6. The van der Waals surface area contributed by atoms with E-state index in [2.05, 4.69) is 10.2 Å². The predicted molar refractivity (Wildman–Crippen MR) is 85.3 cm³/mol. The lowest BCUT2D eigenvalue weighted by Crippen LogP contribution is -2.00. The van der Waals surface area contributed by atoms with Gasteiger partial charge in [-0.15, -0.1) is 0 Å². The summed E-state index contributed by atoms with van der Waals surface area (Å²) in [6.45, 7) is 3.98. The van der Waals surface area contributed by atoms with Crippen LogP contribution in [0.15, 0.2) is 42.5 Å². The third kappa shape index (κ3) is 2.36. The smallest absolute Gasteiger partial charge is 0.200 e. The minimum Gasteiger partial charge on any atom is -0.508 e. The highest BCUT2D eigenvalue weighted by atomic mass is 32.1. The van der Waals surface area contributed by atoms with Crippen molar-refractivity contribution in [3.05, 3.63) is 58.4 Å². The number of phenols is 1. The molecule has 0 unspecified atom stereocenters. The molecule has 0 aliphatic carbocycles. The van der Waals surface area contributed by atoms with Crippen LogP contribution in [0, 0.1) is 18.6 Å². The monoisotopic (exact) mass is 297 g/mol. The molecule has 5 heteroatoms. The van der Waals surface area contributed by atoms with Crippen LogP contribution < -0.4 is 0 Å². The lowest BCUT2D eigenvalue weighted by atomic mass is 10.1. The second-order valence-electron chi connectivity index (χ2n) is 4.97. The van der Waals surface area contributed by atoms with E-state index in [4.69, 9.17) is 12.2 Å². The molecule has 4 nitrogen and oxygen atoms in total. The summed E-state index contributed by atoms with van der Waals surface area (Å²) in [6.07, 6.45) is 0. The van der Waals surface area contributed by atoms with Gasteiger partial charge in [0.1, 0.15) is 5.75 Å². The molecule has 0 saturated carbocycles. The third-order valence-corrected chi connectivity index (χ3v) is 3.75. The van der Waals surface area contributed by atoms with Crippen LogP contribution in [0.3, 0.4) is 0 Å². The Balaban J connectivity index is 2.27. The summed E-state index contributed by atoms with van der Waals surface area (Å²) in [5.41, 5.74) is 3.99. The van der Waals surface area contributed by atoms with E-state index in [9.17, 15) is 5.11 Å². The van der Waals surface area contributed by atoms with Crippen LogP contribution in [0.5, 0.6) is 5.75 Å². The van der Waals surface area contributed by atoms with Crippen molar-refractivity contribution in [2.24, 2.45) is 0 Å². The highest BCUT2D eigenvalue weighted by Crippen LogP contribution is 2.28. The molecular formula is C16H15N3OS. The highest BCUT2D eigenvalue weighted by molar-refractivity contribution is 7.71. The number of rotatable bonds is 2. The van der Waals surface area contributed by atoms with E-state index in [1.54, 1.807) is 12.1 Å². The molecular weight excluding hydrogens is 282 g/mol. The van der Waals surface area contributed by atoms with Crippen LogP contribution in [0.4, 0.5) is 0 Å². The van der Waals surface area contributed by atoms with Crippen molar-refractivity contribution in [1.29, 1.82) is 0 Å². The zero-order chi connectivity index (χ0) is 15.0. The minimum atomic E-state index is 0.243. The molecule has 2 N–H and O–H groups in total. The van der Waals surface area contributed by atoms with Crippen molar-refractivity contribution in [2.75, 3.05) is 0 Å². The highest BCUT2D eigenvalue weighted by Gasteiger charge is 2.14. The number of H-pyrrole nitrogens is 1. The van der Waals surface area contributed by atoms with E-state index < -0.39 is 0 Å². The molecule has 3 rings (SSSR count). The number of benzene rings is 2. The van der Waals surface area contributed by atoms with Crippen molar-refractivity contribution in [3.8, 4) is 22.8 Å². The van der Waals surface area contributed by atoms with Gasteiger partial charge in [-0.1, -0.05) is 18.2 Å². The molecule has 0 saturated heterocycles. The summed E-state index contributed by atoms with van der Waals surface area (Å²) in [7, 11) is 0. The molecule has 0 fully saturated rings. The van der Waals surface area contributed by atoms with Crippen molar-refractivity contribution in [1.82, 2.24) is 14.8 Å². The van der Waals surface area contributed by atoms with Crippen molar-refractivity contribution in [3.63, 3.8) is 0 Å². The summed E-state index contributed by atoms with van der Waals surface area (Å²) in [5, 5.41) is 16.8. The van der Waals surface area contributed by atoms with Gasteiger partial charge in [-0.25, -0.2) is 0 Å². The van der Waals surface area contributed by atoms with Gasteiger partial charge in [0.15, 0.2) is 10.6 Å². The Hall–Kier alpha value is -2.40. The second-order valence-corrected chi connectivity index (χ2v) is 5.36. The lowest BCUT2D eigenvalue weighted by Gasteiger charge is -2.11. The number of aromatic nitrogens is 3. The van der Waals surface area contributed by atoms with Crippen molar-refractivity contribution < 1.29 is 5.11 Å². The molecule has 106 valence electrons. The number of nitrogens with one attached hydrogen (secondary N) is 1. The van der Waals surface area contributed by atoms with Crippen LogP contribution in [0.2, 0.25) is 0 Å². The van der Waals surface area contributed by atoms with Gasteiger partial charge in [-0.2, -0.15) is 5.10 Å². The van der Waals surface area contributed by atoms with Crippen LogP contribution >= 0.6 is 12.2 Å². The normalized spacial score (nSPS) is 10.8. The standard InChI is InChI=1S/C16H15N3OS/c1-10-5-3-4-6-14(10)19-15(17-18-16(19)21)13-8-7-12(20)9-11(13)2/h3-9,20H,1-2H3,(H,18,21). The number of phenolic OH excluding ortho intramolecular Hbond substituents is 1. The first-order chi connectivity index (χ1) is 10.1. The van der Waals surface area contributed by atoms with E-state index >= 15 is 0 Å². The molecule has 0 bridgehead atoms. The molecule has 21 heavy (non-hydrogen) atoms. The first-order valence-electron chi connectivity index (χ1n) is 6.61. The predicted octanol–water partition coefficient (Wildman–Crippen LogP) is 3.92. The quantitative estimate of drug-likeness (QED) is 0.705. The number of aromatic hydroxyl groups is 1. The second kappa shape index (κ2) is 5.18. The van der Waals surface area contributed by atoms with Crippen LogP contribution in [-0.2, 0) is 0 Å². The van der Waals surface area contributed by atoms with Gasteiger partial charge < -0.3 is 5.11 Å². The van der Waals surface area contributed by atoms with Gasteiger partial charge in [0.2, 0.25) is 0 Å². The maximum absolute atomic E-state index is 9.56. The number of hydrogen-bond acceptors (Lipinski definition) is 3. The molecule has 3 aromatic rings. The molecule has 0 spiro atoms. The minimum absolute atomic E-state index is 0.243. The van der Waals surface area contributed by atoms with E-state index in [-0.39, 0.29) is 5.75 Å². The largest absolute Gasteiger partial charge is 0.508 e. The van der Waals surface area contributed by atoms with Gasteiger partial charge in [0, 0.05) is 5.56 Å². The summed E-state index contributed by atoms with van der Waals surface area (Å²) in [4.78, 5) is 0. The SMILES string of the molecule is Cc1cc(O)ccc1-c1n[nH]c(=S)n1-c1ccccc1C. The average molecular weight is 297 g/mol. The number of nitrogens with zero attached hydrogens (tertiary/aromatic N) is 2. The van der Waals surface area contributed by atoms with Gasteiger partial charge in [-0.05, 0) is 61.5 Å². The van der Waals surface area contributed by atoms with Crippen molar-refractivity contribution in [2.45, 2.75) is 13.8 Å². The molecule has 0 atom stereocenters.